The molecule has 0 amide bonds. The number of carbonyl (C=O) groups is 1. The van der Waals surface area contributed by atoms with Crippen LogP contribution in [0, 0.1) is 13.8 Å². The van der Waals surface area contributed by atoms with Crippen LogP contribution in [0.25, 0.3) is 0 Å². The average molecular weight is 296 g/mol. The molecule has 22 heavy (non-hydrogen) atoms. The molecule has 2 aromatic carbocycles. The van der Waals surface area contributed by atoms with Gasteiger partial charge >= 0.3 is 5.97 Å². The Hall–Kier alpha value is -2.49. The van der Waals surface area contributed by atoms with E-state index in [4.69, 9.17) is 14.2 Å². The maximum Gasteiger partial charge on any atom is 0.312 e. The molecular weight excluding hydrogens is 280 g/mol. The largest absolute Gasteiger partial charge is 0.454 e. The summed E-state index contributed by atoms with van der Waals surface area (Å²) in [6, 6.07) is 9.92. The number of fused-ring (bicyclic) bond motifs is 2. The fourth-order valence-electron chi connectivity index (χ4n) is 3.32. The van der Waals surface area contributed by atoms with Crippen LogP contribution in [0.5, 0.6) is 17.2 Å². The first-order valence-corrected chi connectivity index (χ1v) is 7.33. The predicted octanol–water partition coefficient (Wildman–Crippen LogP) is 3.47. The molecule has 0 N–H and O–H groups in total. The number of carbonyl (C=O) groups excluding carboxylic acids is 1. The second-order valence-corrected chi connectivity index (χ2v) is 5.84. The van der Waals surface area contributed by atoms with Gasteiger partial charge in [0.2, 0.25) is 6.79 Å². The van der Waals surface area contributed by atoms with Crippen molar-refractivity contribution in [3.63, 3.8) is 0 Å². The minimum absolute atomic E-state index is 0.00801. The molecule has 4 rings (SSSR count). The van der Waals surface area contributed by atoms with Gasteiger partial charge in [-0.25, -0.2) is 0 Å². The summed E-state index contributed by atoms with van der Waals surface area (Å²) in [6.07, 6.45) is 0.344. The molecule has 4 heteroatoms. The fourth-order valence-corrected chi connectivity index (χ4v) is 3.32. The van der Waals surface area contributed by atoms with Crippen LogP contribution >= 0.6 is 0 Å². The molecule has 0 spiro atoms. The van der Waals surface area contributed by atoms with Crippen LogP contribution < -0.4 is 14.2 Å². The SMILES string of the molecule is Cc1cc(C)c2c(c1)OC(=O)C[C@@H]2c1ccc2c(c1)OCO2. The highest BCUT2D eigenvalue weighted by Crippen LogP contribution is 2.43. The molecule has 0 bridgehead atoms. The highest BCUT2D eigenvalue weighted by molar-refractivity contribution is 5.78. The zero-order valence-electron chi connectivity index (χ0n) is 12.5. The third-order valence-electron chi connectivity index (χ3n) is 4.24. The lowest BCUT2D eigenvalue weighted by molar-refractivity contribution is -0.135. The van der Waals surface area contributed by atoms with Gasteiger partial charge in [-0.05, 0) is 48.7 Å². The summed E-state index contributed by atoms with van der Waals surface area (Å²) in [4.78, 5) is 12.0. The maximum absolute atomic E-state index is 12.0. The van der Waals surface area contributed by atoms with E-state index in [1.165, 1.54) is 0 Å². The summed E-state index contributed by atoms with van der Waals surface area (Å²) < 4.78 is 16.3. The van der Waals surface area contributed by atoms with Gasteiger partial charge in [0.15, 0.2) is 11.5 Å². The lowest BCUT2D eigenvalue weighted by Crippen LogP contribution is -2.22. The number of rotatable bonds is 1. The quantitative estimate of drug-likeness (QED) is 0.597. The molecule has 1 atom stereocenters. The minimum Gasteiger partial charge on any atom is -0.454 e. The second-order valence-electron chi connectivity index (χ2n) is 5.84. The van der Waals surface area contributed by atoms with E-state index in [0.717, 1.165) is 33.8 Å². The molecule has 2 aromatic rings. The standard InChI is InChI=1S/C18H16O4/c1-10-5-11(2)18-13(8-17(19)22-16(18)6-10)12-3-4-14-15(7-12)21-9-20-14/h3-7,13H,8-9H2,1-2H3/t13-/m1/s1. The minimum atomic E-state index is -0.194. The topological polar surface area (TPSA) is 44.8 Å². The Bertz CT molecular complexity index is 779. The molecule has 2 aliphatic rings. The average Bonchev–Trinajstić information content (AvgIpc) is 2.92. The molecule has 4 nitrogen and oxygen atoms in total. The van der Waals surface area contributed by atoms with Gasteiger partial charge in [-0.15, -0.1) is 0 Å². The highest BCUT2D eigenvalue weighted by atomic mass is 16.7. The summed E-state index contributed by atoms with van der Waals surface area (Å²) >= 11 is 0. The van der Waals surface area contributed by atoms with Crippen molar-refractivity contribution < 1.29 is 19.0 Å². The number of esters is 1. The molecule has 0 unspecified atom stereocenters. The van der Waals surface area contributed by atoms with Crippen LogP contribution in [-0.4, -0.2) is 12.8 Å². The lowest BCUT2D eigenvalue weighted by atomic mass is 9.83. The van der Waals surface area contributed by atoms with Gasteiger partial charge in [-0.3, -0.25) is 4.79 Å². The highest BCUT2D eigenvalue weighted by Gasteiger charge is 2.31. The van der Waals surface area contributed by atoms with Gasteiger partial charge in [0.05, 0.1) is 6.42 Å². The van der Waals surface area contributed by atoms with Crippen LogP contribution in [0.3, 0.4) is 0 Å². The molecule has 0 aliphatic carbocycles. The van der Waals surface area contributed by atoms with Crippen LogP contribution in [0.15, 0.2) is 30.3 Å². The Morgan fingerprint density at radius 2 is 1.82 bits per heavy atom. The van der Waals surface area contributed by atoms with Crippen molar-refractivity contribution in [3.8, 4) is 17.2 Å². The molecule has 0 radical (unpaired) electrons. The number of benzene rings is 2. The first-order chi connectivity index (χ1) is 10.6. The van der Waals surface area contributed by atoms with Crippen molar-refractivity contribution in [1.29, 1.82) is 0 Å². The normalized spacial score (nSPS) is 18.8. The third-order valence-corrected chi connectivity index (χ3v) is 4.24. The van der Waals surface area contributed by atoms with Gasteiger partial charge in [0, 0.05) is 11.5 Å². The Morgan fingerprint density at radius 3 is 2.68 bits per heavy atom. The fraction of sp³-hybridized carbons (Fsp3) is 0.278. The zero-order valence-corrected chi connectivity index (χ0v) is 12.5. The Balaban J connectivity index is 1.85. The Morgan fingerprint density at radius 1 is 1.00 bits per heavy atom. The van der Waals surface area contributed by atoms with E-state index in [2.05, 4.69) is 13.0 Å². The van der Waals surface area contributed by atoms with Crippen molar-refractivity contribution in [3.05, 3.63) is 52.6 Å². The van der Waals surface area contributed by atoms with Gasteiger partial charge in [-0.1, -0.05) is 12.1 Å². The van der Waals surface area contributed by atoms with Crippen LogP contribution in [0.4, 0.5) is 0 Å². The molecule has 0 saturated carbocycles. The number of hydrogen-bond donors (Lipinski definition) is 0. The van der Waals surface area contributed by atoms with Gasteiger partial charge in [-0.2, -0.15) is 0 Å². The van der Waals surface area contributed by atoms with Crippen molar-refractivity contribution in [2.75, 3.05) is 6.79 Å². The van der Waals surface area contributed by atoms with Crippen molar-refractivity contribution >= 4 is 5.97 Å². The molecule has 2 aliphatic heterocycles. The second kappa shape index (κ2) is 4.77. The van der Waals surface area contributed by atoms with E-state index in [1.54, 1.807) is 0 Å². The summed E-state index contributed by atoms with van der Waals surface area (Å²) in [7, 11) is 0. The summed E-state index contributed by atoms with van der Waals surface area (Å²) in [5.74, 6) is 1.97. The lowest BCUT2D eigenvalue weighted by Gasteiger charge is -2.27. The first-order valence-electron chi connectivity index (χ1n) is 7.33. The molecule has 0 saturated heterocycles. The van der Waals surface area contributed by atoms with E-state index in [9.17, 15) is 4.79 Å². The van der Waals surface area contributed by atoms with E-state index >= 15 is 0 Å². The summed E-state index contributed by atoms with van der Waals surface area (Å²) in [5, 5.41) is 0. The molecular formula is C18H16O4. The van der Waals surface area contributed by atoms with E-state index in [0.29, 0.717) is 12.2 Å². The van der Waals surface area contributed by atoms with Crippen LogP contribution in [-0.2, 0) is 4.79 Å². The number of aryl methyl sites for hydroxylation is 2. The van der Waals surface area contributed by atoms with E-state index < -0.39 is 0 Å². The number of ether oxygens (including phenoxy) is 3. The molecule has 112 valence electrons. The van der Waals surface area contributed by atoms with E-state index in [-0.39, 0.29) is 18.7 Å². The molecule has 2 heterocycles. The van der Waals surface area contributed by atoms with Crippen LogP contribution in [0.1, 0.15) is 34.6 Å². The third kappa shape index (κ3) is 2.03. The van der Waals surface area contributed by atoms with E-state index in [1.807, 2.05) is 31.2 Å². The summed E-state index contributed by atoms with van der Waals surface area (Å²) in [6.45, 7) is 4.32. The zero-order chi connectivity index (χ0) is 15.3. The first kappa shape index (κ1) is 13.2. The van der Waals surface area contributed by atoms with Gasteiger partial charge < -0.3 is 14.2 Å². The van der Waals surface area contributed by atoms with Gasteiger partial charge in [0.25, 0.3) is 0 Å². The monoisotopic (exact) mass is 296 g/mol. The number of hydrogen-bond acceptors (Lipinski definition) is 4. The maximum atomic E-state index is 12.0. The van der Waals surface area contributed by atoms with Crippen molar-refractivity contribution in [1.82, 2.24) is 0 Å². The Kier molecular flexibility index (Phi) is 2.86. The predicted molar refractivity (Wildman–Crippen MR) is 80.6 cm³/mol. The molecule has 0 fully saturated rings. The summed E-state index contributed by atoms with van der Waals surface area (Å²) in [5.41, 5.74) is 4.37. The van der Waals surface area contributed by atoms with Crippen LogP contribution in [0.2, 0.25) is 0 Å². The Labute approximate surface area is 128 Å². The van der Waals surface area contributed by atoms with Gasteiger partial charge in [0.1, 0.15) is 5.75 Å². The van der Waals surface area contributed by atoms with Crippen molar-refractivity contribution in [2.45, 2.75) is 26.2 Å². The van der Waals surface area contributed by atoms with Crippen molar-refractivity contribution in [2.24, 2.45) is 0 Å². The molecule has 0 aromatic heterocycles. The smallest absolute Gasteiger partial charge is 0.312 e.